The summed E-state index contributed by atoms with van der Waals surface area (Å²) < 4.78 is 1.88. The van der Waals surface area contributed by atoms with Crippen LogP contribution in [0.5, 0.6) is 0 Å². The van der Waals surface area contributed by atoms with Crippen LogP contribution < -0.4 is 0 Å². The first-order valence-corrected chi connectivity index (χ1v) is 9.08. The Hall–Kier alpha value is -2.70. The van der Waals surface area contributed by atoms with E-state index in [9.17, 15) is 9.59 Å². The number of hydrogen-bond acceptors (Lipinski definition) is 4. The minimum Gasteiger partial charge on any atom is -0.336 e. The average Bonchev–Trinajstić information content (AvgIpc) is 2.87. The molecular formula is C19H23N5O2. The topological polar surface area (TPSA) is 71.3 Å². The highest BCUT2D eigenvalue weighted by Gasteiger charge is 2.38. The third kappa shape index (κ3) is 3.21. The fraction of sp³-hybridized carbons (Fsp3) is 0.474. The largest absolute Gasteiger partial charge is 0.336 e. The van der Waals surface area contributed by atoms with Crippen LogP contribution in [-0.4, -0.2) is 61.8 Å². The van der Waals surface area contributed by atoms with E-state index in [1.165, 1.54) is 0 Å². The zero-order chi connectivity index (χ0) is 18.1. The molecule has 0 spiro atoms. The normalized spacial score (nSPS) is 22.3. The summed E-state index contributed by atoms with van der Waals surface area (Å²) >= 11 is 0. The third-order valence-corrected chi connectivity index (χ3v) is 5.48. The van der Waals surface area contributed by atoms with Crippen molar-refractivity contribution in [3.63, 3.8) is 0 Å². The number of aromatic nitrogens is 3. The van der Waals surface area contributed by atoms with Crippen LogP contribution in [0.1, 0.15) is 29.0 Å². The van der Waals surface area contributed by atoms with Crippen LogP contribution in [-0.2, 0) is 11.3 Å². The molecule has 2 atom stereocenters. The van der Waals surface area contributed by atoms with Crippen molar-refractivity contribution in [2.45, 2.75) is 32.4 Å². The predicted octanol–water partition coefficient (Wildman–Crippen LogP) is 1.35. The number of amides is 2. The van der Waals surface area contributed by atoms with Crippen molar-refractivity contribution in [3.05, 3.63) is 48.3 Å². The molecule has 3 aliphatic rings. The Balaban J connectivity index is 1.49. The zero-order valence-electron chi connectivity index (χ0n) is 14.9. The van der Waals surface area contributed by atoms with Crippen LogP contribution in [0, 0.1) is 12.8 Å². The average molecular weight is 353 g/mol. The van der Waals surface area contributed by atoms with Gasteiger partial charge in [-0.2, -0.15) is 0 Å². The fourth-order valence-electron chi connectivity index (χ4n) is 4.04. The maximum absolute atomic E-state index is 12.9. The van der Waals surface area contributed by atoms with Crippen LogP contribution in [0.25, 0.3) is 0 Å². The first-order chi connectivity index (χ1) is 12.6. The molecule has 2 amide bonds. The lowest BCUT2D eigenvalue weighted by Crippen LogP contribution is -2.48. The van der Waals surface area contributed by atoms with Crippen molar-refractivity contribution in [3.8, 4) is 0 Å². The highest BCUT2D eigenvalue weighted by atomic mass is 16.2. The van der Waals surface area contributed by atoms with E-state index in [4.69, 9.17) is 0 Å². The lowest BCUT2D eigenvalue weighted by molar-refractivity contribution is -0.136. The Morgan fingerprint density at radius 3 is 2.65 bits per heavy atom. The second-order valence-corrected chi connectivity index (χ2v) is 7.19. The van der Waals surface area contributed by atoms with Crippen LogP contribution >= 0.6 is 0 Å². The van der Waals surface area contributed by atoms with Crippen LogP contribution in [0.3, 0.4) is 0 Å². The standard InChI is InChI=1S/C19H23N5O2/c1-14-21-8-9-22(14)13-18(25)24-11-15-2-3-17(24)12-23(10-15)19(26)16-4-6-20-7-5-16/h4-9,15,17H,2-3,10-13H2,1H3. The lowest BCUT2D eigenvalue weighted by Gasteiger charge is -2.36. The van der Waals surface area contributed by atoms with Crippen molar-refractivity contribution in [2.24, 2.45) is 5.92 Å². The Kier molecular flexibility index (Phi) is 4.44. The van der Waals surface area contributed by atoms with E-state index in [2.05, 4.69) is 9.97 Å². The van der Waals surface area contributed by atoms with Gasteiger partial charge in [-0.1, -0.05) is 0 Å². The summed E-state index contributed by atoms with van der Waals surface area (Å²) in [4.78, 5) is 37.8. The van der Waals surface area contributed by atoms with Crippen molar-refractivity contribution in [1.29, 1.82) is 0 Å². The van der Waals surface area contributed by atoms with E-state index in [-0.39, 0.29) is 17.9 Å². The summed E-state index contributed by atoms with van der Waals surface area (Å²) in [6.45, 7) is 4.26. The monoisotopic (exact) mass is 353 g/mol. The van der Waals surface area contributed by atoms with Gasteiger partial charge in [-0.3, -0.25) is 14.6 Å². The van der Waals surface area contributed by atoms with Crippen molar-refractivity contribution >= 4 is 11.8 Å². The number of pyridine rings is 1. The molecule has 0 radical (unpaired) electrons. The molecule has 26 heavy (non-hydrogen) atoms. The number of fused-ring (bicyclic) bond motifs is 4. The molecule has 2 unspecified atom stereocenters. The number of carbonyl (C=O) groups excluding carboxylic acids is 2. The van der Waals surface area contributed by atoms with Gasteiger partial charge in [0.15, 0.2) is 0 Å². The van der Waals surface area contributed by atoms with Gasteiger partial charge in [0.05, 0.1) is 0 Å². The van der Waals surface area contributed by atoms with Gasteiger partial charge in [0.2, 0.25) is 5.91 Å². The molecule has 2 aromatic rings. The Bertz CT molecular complexity index is 803. The number of hydrogen-bond donors (Lipinski definition) is 0. The quantitative estimate of drug-likeness (QED) is 0.835. The summed E-state index contributed by atoms with van der Waals surface area (Å²) in [6, 6.07) is 3.59. The van der Waals surface area contributed by atoms with Crippen molar-refractivity contribution in [2.75, 3.05) is 19.6 Å². The second kappa shape index (κ2) is 6.90. The molecule has 0 aliphatic carbocycles. The molecule has 136 valence electrons. The van der Waals surface area contributed by atoms with Gasteiger partial charge >= 0.3 is 0 Å². The summed E-state index contributed by atoms with van der Waals surface area (Å²) in [5.41, 5.74) is 0.660. The Morgan fingerprint density at radius 2 is 1.92 bits per heavy atom. The predicted molar refractivity (Wildman–Crippen MR) is 95.3 cm³/mol. The van der Waals surface area contributed by atoms with E-state index in [0.29, 0.717) is 31.1 Å². The van der Waals surface area contributed by atoms with Crippen LogP contribution in [0.15, 0.2) is 36.9 Å². The summed E-state index contributed by atoms with van der Waals surface area (Å²) in [6.07, 6.45) is 8.86. The molecule has 3 saturated heterocycles. The minimum absolute atomic E-state index is 0.0315. The molecule has 0 saturated carbocycles. The fourth-order valence-corrected chi connectivity index (χ4v) is 4.04. The summed E-state index contributed by atoms with van der Waals surface area (Å²) in [5, 5.41) is 0. The zero-order valence-corrected chi connectivity index (χ0v) is 14.9. The van der Waals surface area contributed by atoms with Gasteiger partial charge < -0.3 is 14.4 Å². The molecule has 0 aromatic carbocycles. The van der Waals surface area contributed by atoms with Gasteiger partial charge in [-0.25, -0.2) is 4.98 Å². The number of rotatable bonds is 3. The van der Waals surface area contributed by atoms with Gasteiger partial charge in [0.25, 0.3) is 5.91 Å². The number of aryl methyl sites for hydroxylation is 1. The van der Waals surface area contributed by atoms with Gasteiger partial charge in [-0.05, 0) is 37.8 Å². The number of nitrogens with zero attached hydrogens (tertiary/aromatic N) is 5. The van der Waals surface area contributed by atoms with Gasteiger partial charge in [-0.15, -0.1) is 0 Å². The van der Waals surface area contributed by atoms with E-state index in [1.54, 1.807) is 30.7 Å². The second-order valence-electron chi connectivity index (χ2n) is 7.19. The van der Waals surface area contributed by atoms with Crippen LogP contribution in [0.2, 0.25) is 0 Å². The van der Waals surface area contributed by atoms with Crippen LogP contribution in [0.4, 0.5) is 0 Å². The maximum Gasteiger partial charge on any atom is 0.254 e. The van der Waals surface area contributed by atoms with Gasteiger partial charge in [0, 0.05) is 56.0 Å². The van der Waals surface area contributed by atoms with Gasteiger partial charge in [0.1, 0.15) is 12.4 Å². The number of carbonyl (C=O) groups is 2. The SMILES string of the molecule is Cc1nccn1CC(=O)N1CC2CCC1CN(C(=O)c1ccncc1)C2. The van der Waals surface area contributed by atoms with E-state index < -0.39 is 0 Å². The minimum atomic E-state index is 0.0315. The molecule has 3 fully saturated rings. The molecule has 3 aliphatic heterocycles. The highest BCUT2D eigenvalue weighted by Crippen LogP contribution is 2.29. The van der Waals surface area contributed by atoms with E-state index in [1.807, 2.05) is 27.5 Å². The Morgan fingerprint density at radius 1 is 1.12 bits per heavy atom. The number of piperidine rings is 1. The molecule has 2 bridgehead atoms. The Labute approximate surface area is 152 Å². The maximum atomic E-state index is 12.9. The lowest BCUT2D eigenvalue weighted by atomic mass is 9.95. The molecule has 0 N–H and O–H groups in total. The third-order valence-electron chi connectivity index (χ3n) is 5.48. The molecule has 5 heterocycles. The first kappa shape index (κ1) is 16.8. The van der Waals surface area contributed by atoms with Crippen molar-refractivity contribution < 1.29 is 9.59 Å². The highest BCUT2D eigenvalue weighted by molar-refractivity contribution is 5.94. The first-order valence-electron chi connectivity index (χ1n) is 9.08. The molecular weight excluding hydrogens is 330 g/mol. The number of imidazole rings is 1. The van der Waals surface area contributed by atoms with E-state index in [0.717, 1.165) is 25.2 Å². The molecule has 5 rings (SSSR count). The summed E-state index contributed by atoms with van der Waals surface area (Å²) in [7, 11) is 0. The smallest absolute Gasteiger partial charge is 0.254 e. The summed E-state index contributed by atoms with van der Waals surface area (Å²) in [5.74, 6) is 1.32. The molecule has 7 heteroatoms. The molecule has 7 nitrogen and oxygen atoms in total. The van der Waals surface area contributed by atoms with Crippen molar-refractivity contribution in [1.82, 2.24) is 24.3 Å². The van der Waals surface area contributed by atoms with E-state index >= 15 is 0 Å². The molecule has 2 aromatic heterocycles.